The van der Waals surface area contributed by atoms with Crippen molar-refractivity contribution in [3.05, 3.63) is 63.9 Å². The minimum Gasteiger partial charge on any atom is -0.453 e. The van der Waals surface area contributed by atoms with Crippen molar-refractivity contribution in [2.24, 2.45) is 0 Å². The van der Waals surface area contributed by atoms with Gasteiger partial charge < -0.3 is 10.1 Å². The number of ether oxygens (including phenoxy) is 1. The molecular formula is C19H15Cl2F2N3O3. The lowest BCUT2D eigenvalue weighted by atomic mass is 10.2. The predicted octanol–water partition coefficient (Wildman–Crippen LogP) is 4.77. The fraction of sp³-hybridized carbons (Fsp3) is 0.211. The molecule has 1 aromatic heterocycles. The molecule has 1 amide bonds. The molecule has 0 spiro atoms. The fourth-order valence-corrected chi connectivity index (χ4v) is 3.04. The van der Waals surface area contributed by atoms with E-state index in [0.717, 1.165) is 0 Å². The van der Waals surface area contributed by atoms with Crippen molar-refractivity contribution in [2.75, 3.05) is 6.54 Å². The van der Waals surface area contributed by atoms with E-state index in [1.165, 1.54) is 31.2 Å². The fourth-order valence-electron chi connectivity index (χ4n) is 2.74. The number of hydrogen-bond donors (Lipinski definition) is 1. The second-order valence-corrected chi connectivity index (χ2v) is 6.86. The van der Waals surface area contributed by atoms with Crippen LogP contribution in [-0.4, -0.2) is 28.0 Å². The van der Waals surface area contributed by atoms with Crippen molar-refractivity contribution < 1.29 is 23.1 Å². The second kappa shape index (κ2) is 8.75. The maximum Gasteiger partial charge on any atom is 0.326 e. The van der Waals surface area contributed by atoms with Crippen LogP contribution in [0.2, 0.25) is 10.0 Å². The van der Waals surface area contributed by atoms with Crippen molar-refractivity contribution in [1.82, 2.24) is 14.9 Å². The Morgan fingerprint density at radius 2 is 1.90 bits per heavy atom. The number of nitrogens with zero attached hydrogens (tertiary/aromatic N) is 2. The summed E-state index contributed by atoms with van der Waals surface area (Å²) in [6, 6.07) is 10.6. The Morgan fingerprint density at radius 1 is 1.17 bits per heavy atom. The third-order valence-electron chi connectivity index (χ3n) is 4.07. The largest absolute Gasteiger partial charge is 0.453 e. The number of halogens is 4. The molecule has 3 rings (SSSR count). The number of benzene rings is 2. The van der Waals surface area contributed by atoms with Crippen LogP contribution in [0.1, 0.15) is 35.8 Å². The zero-order chi connectivity index (χ0) is 21.1. The highest BCUT2D eigenvalue weighted by Gasteiger charge is 2.24. The molecule has 10 heteroatoms. The van der Waals surface area contributed by atoms with Crippen LogP contribution in [0.25, 0.3) is 11.0 Å². The SMILES string of the molecule is CC(OC(=O)CNC(=O)c1ccc(Cl)c(Cl)c1)c1nc2ccccc2n1C(F)F. The summed E-state index contributed by atoms with van der Waals surface area (Å²) in [6.07, 6.45) is -1.05. The van der Waals surface area contributed by atoms with Gasteiger partial charge in [0, 0.05) is 5.56 Å². The molecule has 0 fully saturated rings. The highest BCUT2D eigenvalue weighted by Crippen LogP contribution is 2.28. The quantitative estimate of drug-likeness (QED) is 0.559. The summed E-state index contributed by atoms with van der Waals surface area (Å²) in [6.45, 7) is -1.88. The van der Waals surface area contributed by atoms with Crippen molar-refractivity contribution in [1.29, 1.82) is 0 Å². The van der Waals surface area contributed by atoms with E-state index in [4.69, 9.17) is 27.9 Å². The van der Waals surface area contributed by atoms with Gasteiger partial charge in [0.2, 0.25) is 0 Å². The van der Waals surface area contributed by atoms with Gasteiger partial charge in [-0.3, -0.25) is 14.2 Å². The molecule has 6 nitrogen and oxygen atoms in total. The molecule has 0 aliphatic heterocycles. The maximum atomic E-state index is 13.5. The number of nitrogens with one attached hydrogen (secondary N) is 1. The molecule has 29 heavy (non-hydrogen) atoms. The first-order valence-electron chi connectivity index (χ1n) is 8.45. The Kier molecular flexibility index (Phi) is 6.34. The molecule has 0 bridgehead atoms. The number of esters is 1. The average molecular weight is 442 g/mol. The molecule has 1 atom stereocenters. The van der Waals surface area contributed by atoms with E-state index in [1.807, 2.05) is 0 Å². The van der Waals surface area contributed by atoms with Crippen LogP contribution in [0.3, 0.4) is 0 Å². The van der Waals surface area contributed by atoms with Gasteiger partial charge in [0.1, 0.15) is 6.54 Å². The number of aromatic nitrogens is 2. The van der Waals surface area contributed by atoms with Gasteiger partial charge in [-0.2, -0.15) is 8.78 Å². The van der Waals surface area contributed by atoms with Crippen LogP contribution in [-0.2, 0) is 9.53 Å². The molecule has 2 aromatic carbocycles. The molecule has 1 N–H and O–H groups in total. The van der Waals surface area contributed by atoms with Gasteiger partial charge in [-0.05, 0) is 37.3 Å². The van der Waals surface area contributed by atoms with E-state index in [2.05, 4.69) is 10.3 Å². The summed E-state index contributed by atoms with van der Waals surface area (Å²) in [4.78, 5) is 28.3. The Bertz CT molecular complexity index is 1070. The molecule has 1 unspecified atom stereocenters. The monoisotopic (exact) mass is 441 g/mol. The highest BCUT2D eigenvalue weighted by atomic mass is 35.5. The smallest absolute Gasteiger partial charge is 0.326 e. The molecule has 0 saturated heterocycles. The number of rotatable bonds is 6. The van der Waals surface area contributed by atoms with Crippen molar-refractivity contribution in [2.45, 2.75) is 19.6 Å². The molecule has 0 aliphatic rings. The first kappa shape index (κ1) is 21.0. The lowest BCUT2D eigenvalue weighted by Crippen LogP contribution is -2.31. The Hall–Kier alpha value is -2.71. The molecule has 3 aromatic rings. The first-order chi connectivity index (χ1) is 13.8. The number of hydrogen-bond acceptors (Lipinski definition) is 4. The van der Waals surface area contributed by atoms with E-state index < -0.39 is 31.1 Å². The van der Waals surface area contributed by atoms with Crippen LogP contribution in [0.4, 0.5) is 8.78 Å². The molecule has 0 aliphatic carbocycles. The standard InChI is InChI=1S/C19H15Cl2F2N3O3/c1-10(17-25-14-4-2-3-5-15(14)26(17)19(22)23)29-16(27)9-24-18(28)11-6-7-12(20)13(21)8-11/h2-8,10,19H,9H2,1H3,(H,24,28). The number of carbonyl (C=O) groups excluding carboxylic acids is 2. The summed E-state index contributed by atoms with van der Waals surface area (Å²) in [5.74, 6) is -1.46. The summed E-state index contributed by atoms with van der Waals surface area (Å²) < 4.78 is 32.9. The summed E-state index contributed by atoms with van der Waals surface area (Å²) in [5.41, 5.74) is 0.798. The molecule has 152 valence electrons. The first-order valence-corrected chi connectivity index (χ1v) is 9.21. The highest BCUT2D eigenvalue weighted by molar-refractivity contribution is 6.42. The van der Waals surface area contributed by atoms with Gasteiger partial charge in [0.15, 0.2) is 11.9 Å². The van der Waals surface area contributed by atoms with Crippen molar-refractivity contribution >= 4 is 46.1 Å². The summed E-state index contributed by atoms with van der Waals surface area (Å²) in [5, 5.41) is 2.86. The Balaban J connectivity index is 1.66. The molecule has 0 saturated carbocycles. The Morgan fingerprint density at radius 3 is 2.59 bits per heavy atom. The topological polar surface area (TPSA) is 73.2 Å². The predicted molar refractivity (Wildman–Crippen MR) is 104 cm³/mol. The van der Waals surface area contributed by atoms with Gasteiger partial charge >= 0.3 is 12.5 Å². The van der Waals surface area contributed by atoms with Crippen LogP contribution in [0, 0.1) is 0 Å². The lowest BCUT2D eigenvalue weighted by molar-refractivity contribution is -0.148. The second-order valence-electron chi connectivity index (χ2n) is 6.05. The molecular weight excluding hydrogens is 427 g/mol. The van der Waals surface area contributed by atoms with Crippen molar-refractivity contribution in [3.8, 4) is 0 Å². The van der Waals surface area contributed by atoms with Crippen LogP contribution in [0.15, 0.2) is 42.5 Å². The van der Waals surface area contributed by atoms with Gasteiger partial charge in [-0.25, -0.2) is 4.98 Å². The normalized spacial score (nSPS) is 12.2. The number of fused-ring (bicyclic) bond motifs is 1. The lowest BCUT2D eigenvalue weighted by Gasteiger charge is -2.15. The average Bonchev–Trinajstić information content (AvgIpc) is 3.08. The third-order valence-corrected chi connectivity index (χ3v) is 4.80. The zero-order valence-corrected chi connectivity index (χ0v) is 16.5. The van der Waals surface area contributed by atoms with Gasteiger partial charge in [0.05, 0.1) is 21.1 Å². The number of para-hydroxylation sites is 2. The Labute approximate surface area is 174 Å². The number of imidazole rings is 1. The molecule has 0 radical (unpaired) electrons. The van der Waals surface area contributed by atoms with Gasteiger partial charge in [0.25, 0.3) is 5.91 Å². The van der Waals surface area contributed by atoms with E-state index >= 15 is 0 Å². The van der Waals surface area contributed by atoms with Crippen molar-refractivity contribution in [3.63, 3.8) is 0 Å². The van der Waals surface area contributed by atoms with E-state index in [9.17, 15) is 18.4 Å². The number of amides is 1. The minimum absolute atomic E-state index is 0.0923. The van der Waals surface area contributed by atoms with Crippen LogP contribution >= 0.6 is 23.2 Å². The van der Waals surface area contributed by atoms with Gasteiger partial charge in [-0.15, -0.1) is 0 Å². The number of carbonyl (C=O) groups is 2. The van der Waals surface area contributed by atoms with E-state index in [0.29, 0.717) is 15.1 Å². The minimum atomic E-state index is -2.85. The number of alkyl halides is 2. The van der Waals surface area contributed by atoms with E-state index in [-0.39, 0.29) is 21.9 Å². The maximum absolute atomic E-state index is 13.5. The van der Waals surface area contributed by atoms with Crippen LogP contribution < -0.4 is 5.32 Å². The summed E-state index contributed by atoms with van der Waals surface area (Å²) in [7, 11) is 0. The zero-order valence-electron chi connectivity index (χ0n) is 15.0. The third kappa shape index (κ3) is 4.65. The van der Waals surface area contributed by atoms with Gasteiger partial charge in [-0.1, -0.05) is 35.3 Å². The van der Waals surface area contributed by atoms with Crippen LogP contribution in [0.5, 0.6) is 0 Å². The molecule has 1 heterocycles. The summed E-state index contributed by atoms with van der Waals surface area (Å²) >= 11 is 11.7. The van der Waals surface area contributed by atoms with E-state index in [1.54, 1.807) is 18.2 Å².